The highest BCUT2D eigenvalue weighted by Gasteiger charge is 2.28. The largest absolute Gasteiger partial charge is 0.256 e. The van der Waals surface area contributed by atoms with Crippen molar-refractivity contribution in [1.82, 2.24) is 4.98 Å². The molecule has 0 aliphatic heterocycles. The van der Waals surface area contributed by atoms with Crippen molar-refractivity contribution in [3.63, 3.8) is 0 Å². The highest BCUT2D eigenvalue weighted by molar-refractivity contribution is 5.99. The standard InChI is InChI=1S/C29H27N/c1-17(2)21-15-24(19-8-9-19)23-10-11-30-29(28(23)16-21)27-13-18(3)12-25-22-7-5-4-6-20(22)14-26(25)27/h4-7,10-13,15-17,19H,8-9,14H2,1-3H3. The maximum Gasteiger partial charge on any atom is 0.0783 e. The molecule has 1 fully saturated rings. The first-order chi connectivity index (χ1) is 14.6. The number of pyridine rings is 1. The van der Waals surface area contributed by atoms with E-state index in [1.54, 1.807) is 0 Å². The molecule has 0 spiro atoms. The van der Waals surface area contributed by atoms with Gasteiger partial charge >= 0.3 is 0 Å². The maximum atomic E-state index is 4.98. The molecule has 6 rings (SSSR count). The molecule has 0 atom stereocenters. The van der Waals surface area contributed by atoms with Crippen LogP contribution in [0, 0.1) is 6.92 Å². The molecule has 2 aliphatic rings. The second kappa shape index (κ2) is 6.54. The molecule has 1 heteroatoms. The number of rotatable bonds is 3. The van der Waals surface area contributed by atoms with Gasteiger partial charge in [0.25, 0.3) is 0 Å². The minimum Gasteiger partial charge on any atom is -0.256 e. The van der Waals surface area contributed by atoms with Gasteiger partial charge in [-0.1, -0.05) is 50.2 Å². The molecule has 1 saturated carbocycles. The first-order valence-corrected chi connectivity index (χ1v) is 11.2. The molecule has 0 unspecified atom stereocenters. The Bertz CT molecular complexity index is 1310. The van der Waals surface area contributed by atoms with Gasteiger partial charge in [0.2, 0.25) is 0 Å². The maximum absolute atomic E-state index is 4.98. The Balaban J connectivity index is 1.65. The van der Waals surface area contributed by atoms with Crippen LogP contribution >= 0.6 is 0 Å². The average Bonchev–Trinajstić information content (AvgIpc) is 3.53. The molecule has 148 valence electrons. The van der Waals surface area contributed by atoms with Crippen molar-refractivity contribution in [2.45, 2.75) is 51.9 Å². The van der Waals surface area contributed by atoms with Gasteiger partial charge in [-0.2, -0.15) is 0 Å². The fourth-order valence-electron chi connectivity index (χ4n) is 5.20. The monoisotopic (exact) mass is 389 g/mol. The third-order valence-corrected chi connectivity index (χ3v) is 6.94. The molecule has 0 saturated heterocycles. The third-order valence-electron chi connectivity index (χ3n) is 6.94. The summed E-state index contributed by atoms with van der Waals surface area (Å²) in [7, 11) is 0. The fraction of sp³-hybridized carbons (Fsp3) is 0.276. The summed E-state index contributed by atoms with van der Waals surface area (Å²) in [5, 5.41) is 2.73. The molecule has 2 aliphatic carbocycles. The van der Waals surface area contributed by atoms with Crippen LogP contribution in [-0.2, 0) is 6.42 Å². The van der Waals surface area contributed by atoms with Crippen molar-refractivity contribution in [2.75, 3.05) is 0 Å². The summed E-state index contributed by atoms with van der Waals surface area (Å²) in [4.78, 5) is 4.98. The van der Waals surface area contributed by atoms with E-state index in [0.29, 0.717) is 5.92 Å². The number of hydrogen-bond donors (Lipinski definition) is 0. The summed E-state index contributed by atoms with van der Waals surface area (Å²) >= 11 is 0. The third kappa shape index (κ3) is 2.72. The van der Waals surface area contributed by atoms with Crippen LogP contribution in [0.15, 0.2) is 60.8 Å². The zero-order valence-corrected chi connectivity index (χ0v) is 18.0. The quantitative estimate of drug-likeness (QED) is 0.307. The number of hydrogen-bond acceptors (Lipinski definition) is 1. The molecule has 0 bridgehead atoms. The predicted molar refractivity (Wildman–Crippen MR) is 126 cm³/mol. The lowest BCUT2D eigenvalue weighted by atomic mass is 9.89. The molecule has 3 aromatic carbocycles. The van der Waals surface area contributed by atoms with E-state index in [-0.39, 0.29) is 0 Å². The summed E-state index contributed by atoms with van der Waals surface area (Å²) in [6.07, 6.45) is 5.67. The number of fused-ring (bicyclic) bond motifs is 4. The number of nitrogens with zero attached hydrogens (tertiary/aromatic N) is 1. The minimum absolute atomic E-state index is 0.521. The summed E-state index contributed by atoms with van der Waals surface area (Å²) < 4.78 is 0. The second-order valence-electron chi connectivity index (χ2n) is 9.47. The second-order valence-corrected chi connectivity index (χ2v) is 9.47. The lowest BCUT2D eigenvalue weighted by Gasteiger charge is -2.17. The van der Waals surface area contributed by atoms with Gasteiger partial charge in [-0.05, 0) is 101 Å². The van der Waals surface area contributed by atoms with Crippen LogP contribution in [0.2, 0.25) is 0 Å². The lowest BCUT2D eigenvalue weighted by Crippen LogP contribution is -1.97. The average molecular weight is 390 g/mol. The van der Waals surface area contributed by atoms with E-state index in [1.165, 1.54) is 68.1 Å². The van der Waals surface area contributed by atoms with Gasteiger partial charge in [0.05, 0.1) is 5.69 Å². The summed E-state index contributed by atoms with van der Waals surface area (Å²) in [6.45, 7) is 6.81. The van der Waals surface area contributed by atoms with E-state index in [2.05, 4.69) is 75.4 Å². The zero-order valence-electron chi connectivity index (χ0n) is 18.0. The van der Waals surface area contributed by atoms with E-state index in [0.717, 1.165) is 18.0 Å². The normalized spacial score (nSPS) is 14.9. The summed E-state index contributed by atoms with van der Waals surface area (Å²) in [6, 6.07) is 20.7. The molecule has 1 nitrogen and oxygen atoms in total. The molecule has 1 aromatic heterocycles. The van der Waals surface area contributed by atoms with Crippen LogP contribution in [-0.4, -0.2) is 4.98 Å². The Kier molecular flexibility index (Phi) is 3.90. The van der Waals surface area contributed by atoms with Gasteiger partial charge in [0, 0.05) is 17.1 Å². The Labute approximate surface area is 178 Å². The van der Waals surface area contributed by atoms with Crippen LogP contribution in [0.4, 0.5) is 0 Å². The molecule has 1 heterocycles. The van der Waals surface area contributed by atoms with Crippen molar-refractivity contribution in [2.24, 2.45) is 0 Å². The molecule has 0 radical (unpaired) electrons. The van der Waals surface area contributed by atoms with Crippen LogP contribution in [0.5, 0.6) is 0 Å². The Hall–Kier alpha value is -2.93. The molecule has 0 N–H and O–H groups in total. The van der Waals surface area contributed by atoms with Crippen molar-refractivity contribution in [1.29, 1.82) is 0 Å². The van der Waals surface area contributed by atoms with Crippen LogP contribution in [0.25, 0.3) is 33.2 Å². The van der Waals surface area contributed by atoms with Gasteiger partial charge in [-0.25, -0.2) is 0 Å². The van der Waals surface area contributed by atoms with E-state index >= 15 is 0 Å². The molecule has 30 heavy (non-hydrogen) atoms. The highest BCUT2D eigenvalue weighted by Crippen LogP contribution is 2.47. The summed E-state index contributed by atoms with van der Waals surface area (Å²) in [5.41, 5.74) is 12.4. The summed E-state index contributed by atoms with van der Waals surface area (Å²) in [5.74, 6) is 1.25. The predicted octanol–water partition coefficient (Wildman–Crippen LogP) is 7.78. The zero-order chi connectivity index (χ0) is 20.4. The molecular formula is C29H27N. The first-order valence-electron chi connectivity index (χ1n) is 11.2. The molecule has 0 amide bonds. The number of aromatic nitrogens is 1. The Morgan fingerprint density at radius 1 is 0.867 bits per heavy atom. The SMILES string of the molecule is Cc1cc2c(c(-c3nccc4c(C5CC5)cc(C(C)C)cc34)c1)Cc1ccccc1-2. The first kappa shape index (κ1) is 17.9. The van der Waals surface area contributed by atoms with Gasteiger partial charge < -0.3 is 0 Å². The van der Waals surface area contributed by atoms with Gasteiger partial charge in [-0.3, -0.25) is 4.98 Å². The van der Waals surface area contributed by atoms with Gasteiger partial charge in [0.15, 0.2) is 0 Å². The van der Waals surface area contributed by atoms with Gasteiger partial charge in [0.1, 0.15) is 0 Å². The van der Waals surface area contributed by atoms with Gasteiger partial charge in [-0.15, -0.1) is 0 Å². The minimum atomic E-state index is 0.521. The number of aryl methyl sites for hydroxylation is 1. The van der Waals surface area contributed by atoms with E-state index < -0.39 is 0 Å². The van der Waals surface area contributed by atoms with E-state index in [4.69, 9.17) is 4.98 Å². The van der Waals surface area contributed by atoms with Crippen LogP contribution < -0.4 is 0 Å². The van der Waals surface area contributed by atoms with E-state index in [1.807, 2.05) is 6.20 Å². The number of benzene rings is 3. The molecule has 4 aromatic rings. The van der Waals surface area contributed by atoms with Crippen molar-refractivity contribution in [3.05, 3.63) is 88.6 Å². The highest BCUT2D eigenvalue weighted by atomic mass is 14.7. The van der Waals surface area contributed by atoms with Crippen molar-refractivity contribution >= 4 is 10.8 Å². The topological polar surface area (TPSA) is 12.9 Å². The van der Waals surface area contributed by atoms with Crippen LogP contribution in [0.3, 0.4) is 0 Å². The van der Waals surface area contributed by atoms with E-state index in [9.17, 15) is 0 Å². The Morgan fingerprint density at radius 2 is 1.67 bits per heavy atom. The fourth-order valence-corrected chi connectivity index (χ4v) is 5.20. The lowest BCUT2D eigenvalue weighted by molar-refractivity contribution is 0.865. The van der Waals surface area contributed by atoms with Crippen molar-refractivity contribution < 1.29 is 0 Å². The molecular weight excluding hydrogens is 362 g/mol. The van der Waals surface area contributed by atoms with Crippen LogP contribution in [0.1, 0.15) is 66.3 Å². The smallest absolute Gasteiger partial charge is 0.0783 e. The van der Waals surface area contributed by atoms with Crippen molar-refractivity contribution in [3.8, 4) is 22.4 Å². The Morgan fingerprint density at radius 3 is 2.47 bits per heavy atom.